The number of phenols is 1. The minimum Gasteiger partial charge on any atom is -0.508 e. The van der Waals surface area contributed by atoms with Crippen LogP contribution in [0.25, 0.3) is 32.9 Å². The van der Waals surface area contributed by atoms with Gasteiger partial charge < -0.3 is 20.1 Å². The molecule has 2 aromatic heterocycles. The Morgan fingerprint density at radius 2 is 1.89 bits per heavy atom. The molecule has 9 rings (SSSR count). The van der Waals surface area contributed by atoms with Crippen molar-refractivity contribution in [3.05, 3.63) is 47.2 Å². The average molecular weight is 597 g/mol. The number of nitrogens with one attached hydrogen (secondary N) is 1. The topological polar surface area (TPSA) is 86.6 Å². The fraction of sp³-hybridized carbons (Fsp3) is 0.441. The van der Waals surface area contributed by atoms with Crippen LogP contribution in [-0.2, 0) is 6.42 Å². The number of pyridine rings is 1. The van der Waals surface area contributed by atoms with Crippen molar-refractivity contribution in [2.45, 2.75) is 75.7 Å². The van der Waals surface area contributed by atoms with E-state index in [0.717, 1.165) is 32.2 Å². The first kappa shape index (κ1) is 27.5. The number of likely N-dealkylation sites (tertiary alicyclic amines) is 1. The van der Waals surface area contributed by atoms with Crippen molar-refractivity contribution in [2.24, 2.45) is 0 Å². The van der Waals surface area contributed by atoms with Gasteiger partial charge in [0.05, 0.1) is 16.6 Å². The van der Waals surface area contributed by atoms with Crippen molar-refractivity contribution in [2.75, 3.05) is 25.0 Å². The van der Waals surface area contributed by atoms with E-state index in [1.807, 2.05) is 6.92 Å². The Kier molecular flexibility index (Phi) is 6.40. The number of piperidine rings is 1. The molecule has 0 amide bonds. The van der Waals surface area contributed by atoms with Gasteiger partial charge in [-0.25, -0.2) is 13.8 Å². The zero-order valence-corrected chi connectivity index (χ0v) is 24.8. The number of benzene rings is 2. The molecule has 226 valence electrons. The lowest BCUT2D eigenvalue weighted by molar-refractivity contribution is 0.112. The summed E-state index contributed by atoms with van der Waals surface area (Å²) in [6.07, 6.45) is 11.4. The van der Waals surface area contributed by atoms with E-state index in [1.54, 1.807) is 0 Å². The minimum absolute atomic E-state index is 0.00926. The molecule has 4 fully saturated rings. The van der Waals surface area contributed by atoms with Crippen LogP contribution in [-0.4, -0.2) is 75.4 Å². The van der Waals surface area contributed by atoms with Crippen LogP contribution in [0.5, 0.6) is 11.8 Å². The number of rotatable bonds is 5. The quantitative estimate of drug-likeness (QED) is 0.314. The van der Waals surface area contributed by atoms with Gasteiger partial charge in [-0.1, -0.05) is 12.0 Å². The zero-order chi connectivity index (χ0) is 30.3. The van der Waals surface area contributed by atoms with Gasteiger partial charge in [0.1, 0.15) is 34.7 Å². The van der Waals surface area contributed by atoms with Crippen LogP contribution in [0, 0.1) is 24.0 Å². The van der Waals surface area contributed by atoms with Gasteiger partial charge in [0.2, 0.25) is 0 Å². The third kappa shape index (κ3) is 4.28. The Hall–Kier alpha value is -4.07. The van der Waals surface area contributed by atoms with Crippen molar-refractivity contribution < 1.29 is 18.6 Å². The maximum Gasteiger partial charge on any atom is 0.319 e. The third-order valence-corrected chi connectivity index (χ3v) is 10.1. The molecule has 4 atom stereocenters. The first-order valence-corrected chi connectivity index (χ1v) is 15.5. The SMILES string of the molecule is C#Cc1c(F)ccc2cc(O)cc(-c3nc4c5c(nc(O[C@@H](C)[C@@H]6CCCN6C)nc5c3F)N(C3CC5CC(C3)N5)CC4)c12. The normalized spacial score (nSPS) is 25.2. The summed E-state index contributed by atoms with van der Waals surface area (Å²) in [6, 6.07) is 7.24. The fourth-order valence-electron chi connectivity index (χ4n) is 8.03. The lowest BCUT2D eigenvalue weighted by atomic mass is 9.78. The number of aromatic nitrogens is 3. The summed E-state index contributed by atoms with van der Waals surface area (Å²) in [7, 11) is 2.09. The largest absolute Gasteiger partial charge is 0.508 e. The van der Waals surface area contributed by atoms with E-state index in [-0.39, 0.29) is 52.3 Å². The molecule has 2 aromatic carbocycles. The molecule has 1 saturated carbocycles. The molecule has 4 aliphatic heterocycles. The number of likely N-dealkylation sites (N-methyl/N-ethyl adjacent to an activating group) is 1. The standard InChI is InChI=1S/C34H34F2N6O2/c1-4-23-25(35)8-7-18-12-22(43)16-24(28(18)23)31-30(36)32-29-26(38-31)9-11-42(21-14-19-13-20(15-21)37-19)33(29)40-34(39-32)44-17(2)27-6-5-10-41(27)3/h1,7-8,12,16-17,19-21,27,37,43H,5-6,9-11,13-15H2,2-3H3/t17-,19?,20?,21?,27-/m0/s1. The number of phenolic OH excluding ortho intramolecular Hbond substituents is 1. The Balaban J connectivity index is 1.33. The number of aromatic hydroxyl groups is 1. The molecule has 44 heavy (non-hydrogen) atoms. The van der Waals surface area contributed by atoms with Crippen LogP contribution in [0.15, 0.2) is 24.3 Å². The van der Waals surface area contributed by atoms with Crippen molar-refractivity contribution in [1.82, 2.24) is 25.2 Å². The van der Waals surface area contributed by atoms with Gasteiger partial charge in [0, 0.05) is 48.1 Å². The second-order valence-corrected chi connectivity index (χ2v) is 12.8. The maximum atomic E-state index is 16.9. The van der Waals surface area contributed by atoms with E-state index in [4.69, 9.17) is 21.1 Å². The van der Waals surface area contributed by atoms with Crippen LogP contribution >= 0.6 is 0 Å². The molecule has 2 bridgehead atoms. The summed E-state index contributed by atoms with van der Waals surface area (Å²) in [5.74, 6) is 1.68. The second kappa shape index (κ2) is 10.2. The van der Waals surface area contributed by atoms with Crippen LogP contribution < -0.4 is 15.0 Å². The first-order chi connectivity index (χ1) is 21.3. The molecule has 1 aliphatic carbocycles. The van der Waals surface area contributed by atoms with Gasteiger partial charge >= 0.3 is 6.01 Å². The smallest absolute Gasteiger partial charge is 0.319 e. The molecule has 5 aliphatic rings. The lowest BCUT2D eigenvalue weighted by Gasteiger charge is -2.50. The van der Waals surface area contributed by atoms with Crippen molar-refractivity contribution in [3.63, 3.8) is 0 Å². The summed E-state index contributed by atoms with van der Waals surface area (Å²) in [5, 5.41) is 15.6. The van der Waals surface area contributed by atoms with Crippen LogP contribution in [0.4, 0.5) is 14.6 Å². The van der Waals surface area contributed by atoms with E-state index >= 15 is 4.39 Å². The van der Waals surface area contributed by atoms with E-state index in [2.05, 4.69) is 33.1 Å². The molecule has 3 saturated heterocycles. The van der Waals surface area contributed by atoms with Crippen LogP contribution in [0.1, 0.15) is 50.3 Å². The van der Waals surface area contributed by atoms with Gasteiger partial charge in [0.25, 0.3) is 0 Å². The maximum absolute atomic E-state index is 16.9. The predicted molar refractivity (Wildman–Crippen MR) is 165 cm³/mol. The number of ether oxygens (including phenoxy) is 1. The van der Waals surface area contributed by atoms with Crippen molar-refractivity contribution in [3.8, 4) is 35.4 Å². The number of terminal acetylenes is 1. The summed E-state index contributed by atoms with van der Waals surface area (Å²) >= 11 is 0. The fourth-order valence-corrected chi connectivity index (χ4v) is 8.03. The number of hydrogen-bond donors (Lipinski definition) is 2. The molecule has 4 aromatic rings. The van der Waals surface area contributed by atoms with Gasteiger partial charge in [-0.15, -0.1) is 6.42 Å². The minimum atomic E-state index is -0.683. The molecule has 2 N–H and O–H groups in total. The third-order valence-electron chi connectivity index (χ3n) is 10.1. The van der Waals surface area contributed by atoms with Crippen molar-refractivity contribution >= 4 is 27.5 Å². The van der Waals surface area contributed by atoms with Crippen molar-refractivity contribution in [1.29, 1.82) is 0 Å². The molecule has 6 heterocycles. The highest BCUT2D eigenvalue weighted by Gasteiger charge is 2.42. The number of halogens is 2. The summed E-state index contributed by atoms with van der Waals surface area (Å²) in [4.78, 5) is 19.0. The van der Waals surface area contributed by atoms with Gasteiger partial charge in [-0.05, 0) is 76.2 Å². The van der Waals surface area contributed by atoms with Gasteiger partial charge in [0.15, 0.2) is 5.82 Å². The number of nitrogens with zero attached hydrogens (tertiary/aromatic N) is 5. The van der Waals surface area contributed by atoms with Gasteiger partial charge in [-0.2, -0.15) is 9.97 Å². The number of anilines is 1. The van der Waals surface area contributed by atoms with E-state index < -0.39 is 11.6 Å². The molecule has 2 unspecified atom stereocenters. The monoisotopic (exact) mass is 596 g/mol. The van der Waals surface area contributed by atoms with Crippen LogP contribution in [0.3, 0.4) is 0 Å². The average Bonchev–Trinajstić information content (AvgIpc) is 3.44. The molecule has 0 radical (unpaired) electrons. The predicted octanol–water partition coefficient (Wildman–Crippen LogP) is 4.93. The highest BCUT2D eigenvalue weighted by atomic mass is 19.1. The first-order valence-electron chi connectivity index (χ1n) is 15.5. The zero-order valence-electron chi connectivity index (χ0n) is 24.8. The second-order valence-electron chi connectivity index (χ2n) is 12.8. The highest BCUT2D eigenvalue weighted by molar-refractivity contribution is 6.03. The van der Waals surface area contributed by atoms with Gasteiger partial charge in [-0.3, -0.25) is 4.90 Å². The summed E-state index contributed by atoms with van der Waals surface area (Å²) in [6.45, 7) is 3.68. The summed E-state index contributed by atoms with van der Waals surface area (Å²) < 4.78 is 38.2. The lowest BCUT2D eigenvalue weighted by Crippen LogP contribution is -2.62. The molecule has 8 nitrogen and oxygen atoms in total. The van der Waals surface area contributed by atoms with Crippen LogP contribution in [0.2, 0.25) is 0 Å². The molecular weight excluding hydrogens is 562 g/mol. The highest BCUT2D eigenvalue weighted by Crippen LogP contribution is 2.43. The number of fused-ring (bicyclic) bond motifs is 3. The summed E-state index contributed by atoms with van der Waals surface area (Å²) in [5.41, 5.74) is 0.937. The van der Waals surface area contributed by atoms with E-state index in [1.165, 1.54) is 30.7 Å². The number of hydrogen-bond acceptors (Lipinski definition) is 8. The molecule has 0 spiro atoms. The Morgan fingerprint density at radius 1 is 1.09 bits per heavy atom. The Bertz CT molecular complexity index is 1860. The Labute approximate surface area is 254 Å². The molecular formula is C34H34F2N6O2. The molecule has 10 heteroatoms. The van der Waals surface area contributed by atoms with E-state index in [9.17, 15) is 9.50 Å². The van der Waals surface area contributed by atoms with E-state index in [0.29, 0.717) is 52.7 Å². The Morgan fingerprint density at radius 3 is 2.61 bits per heavy atom.